The number of hydrogen-bond acceptors (Lipinski definition) is 3. The quantitative estimate of drug-likeness (QED) is 0.591. The van der Waals surface area contributed by atoms with Crippen LogP contribution in [0.2, 0.25) is 10.0 Å². The third-order valence-electron chi connectivity index (χ3n) is 3.69. The molecule has 0 radical (unpaired) electrons. The Balaban J connectivity index is 1.91. The van der Waals surface area contributed by atoms with E-state index < -0.39 is 0 Å². The lowest BCUT2D eigenvalue weighted by atomic mass is 10.2. The maximum Gasteiger partial charge on any atom is 0.124 e. The van der Waals surface area contributed by atoms with E-state index >= 15 is 0 Å². The SMILES string of the molecule is OCCCCCNCc1cc(Cl)ccc1OCc1ccccc1Cl. The summed E-state index contributed by atoms with van der Waals surface area (Å²) in [4.78, 5) is 0. The van der Waals surface area contributed by atoms with Gasteiger partial charge >= 0.3 is 0 Å². The molecular formula is C19H23Cl2NO2. The number of unbranched alkanes of at least 4 members (excludes halogenated alkanes) is 2. The van der Waals surface area contributed by atoms with Crippen LogP contribution in [0.15, 0.2) is 42.5 Å². The molecule has 130 valence electrons. The summed E-state index contributed by atoms with van der Waals surface area (Å²) in [6.07, 6.45) is 2.91. The first-order valence-electron chi connectivity index (χ1n) is 8.17. The molecule has 0 aliphatic rings. The largest absolute Gasteiger partial charge is 0.489 e. The zero-order valence-corrected chi connectivity index (χ0v) is 15.1. The molecule has 0 aliphatic heterocycles. The van der Waals surface area contributed by atoms with Crippen LogP contribution in [-0.4, -0.2) is 18.3 Å². The molecule has 24 heavy (non-hydrogen) atoms. The first kappa shape index (κ1) is 19.1. The van der Waals surface area contributed by atoms with Gasteiger partial charge in [0.1, 0.15) is 12.4 Å². The Morgan fingerprint density at radius 1 is 0.958 bits per heavy atom. The summed E-state index contributed by atoms with van der Waals surface area (Å²) in [5.74, 6) is 0.808. The number of ether oxygens (including phenoxy) is 1. The summed E-state index contributed by atoms with van der Waals surface area (Å²) in [7, 11) is 0. The van der Waals surface area contributed by atoms with Gasteiger partial charge in [-0.25, -0.2) is 0 Å². The van der Waals surface area contributed by atoms with Gasteiger partial charge in [-0.05, 0) is 50.1 Å². The summed E-state index contributed by atoms with van der Waals surface area (Å²) in [5, 5.41) is 13.6. The van der Waals surface area contributed by atoms with Gasteiger partial charge in [-0.2, -0.15) is 0 Å². The molecule has 0 saturated heterocycles. The minimum Gasteiger partial charge on any atom is -0.489 e. The first-order chi connectivity index (χ1) is 11.7. The van der Waals surface area contributed by atoms with E-state index in [1.165, 1.54) is 0 Å². The molecule has 0 aliphatic carbocycles. The summed E-state index contributed by atoms with van der Waals surface area (Å²) in [6, 6.07) is 13.3. The van der Waals surface area contributed by atoms with Gasteiger partial charge in [0.25, 0.3) is 0 Å². The first-order valence-corrected chi connectivity index (χ1v) is 8.92. The van der Waals surface area contributed by atoms with Crippen molar-refractivity contribution in [3.8, 4) is 5.75 Å². The highest BCUT2D eigenvalue weighted by molar-refractivity contribution is 6.31. The topological polar surface area (TPSA) is 41.5 Å². The monoisotopic (exact) mass is 367 g/mol. The van der Waals surface area contributed by atoms with E-state index in [1.807, 2.05) is 42.5 Å². The van der Waals surface area contributed by atoms with Crippen LogP contribution in [0.5, 0.6) is 5.75 Å². The number of nitrogens with one attached hydrogen (secondary N) is 1. The average Bonchev–Trinajstić information content (AvgIpc) is 2.58. The van der Waals surface area contributed by atoms with E-state index in [4.69, 9.17) is 33.0 Å². The molecule has 0 amide bonds. The zero-order chi connectivity index (χ0) is 17.2. The summed E-state index contributed by atoms with van der Waals surface area (Å²) in [5.41, 5.74) is 1.98. The minimum atomic E-state index is 0.258. The Labute approximate surface area is 153 Å². The molecule has 0 saturated carbocycles. The minimum absolute atomic E-state index is 0.258. The lowest BCUT2D eigenvalue weighted by molar-refractivity contribution is 0.282. The van der Waals surface area contributed by atoms with Gasteiger partial charge < -0.3 is 15.2 Å². The van der Waals surface area contributed by atoms with Gasteiger partial charge in [-0.3, -0.25) is 0 Å². The third kappa shape index (κ3) is 6.33. The Hall–Kier alpha value is -1.26. The Morgan fingerprint density at radius 3 is 2.58 bits per heavy atom. The molecule has 0 spiro atoms. The van der Waals surface area contributed by atoms with Crippen molar-refractivity contribution in [1.82, 2.24) is 5.32 Å². The van der Waals surface area contributed by atoms with Crippen molar-refractivity contribution >= 4 is 23.2 Å². The molecule has 0 heterocycles. The Kier molecular flexibility index (Phi) is 8.40. The molecule has 0 atom stereocenters. The second kappa shape index (κ2) is 10.6. The average molecular weight is 368 g/mol. The molecule has 0 aromatic heterocycles. The van der Waals surface area contributed by atoms with Crippen LogP contribution in [0.25, 0.3) is 0 Å². The molecule has 0 fully saturated rings. The maximum atomic E-state index is 8.78. The van der Waals surface area contributed by atoms with Crippen molar-refractivity contribution in [3.63, 3.8) is 0 Å². The normalized spacial score (nSPS) is 10.8. The zero-order valence-electron chi connectivity index (χ0n) is 13.6. The highest BCUT2D eigenvalue weighted by Gasteiger charge is 2.07. The van der Waals surface area contributed by atoms with Crippen molar-refractivity contribution in [2.24, 2.45) is 0 Å². The molecule has 5 heteroatoms. The van der Waals surface area contributed by atoms with Crippen molar-refractivity contribution in [1.29, 1.82) is 0 Å². The fourth-order valence-electron chi connectivity index (χ4n) is 2.36. The molecule has 3 nitrogen and oxygen atoms in total. The van der Waals surface area contributed by atoms with Gasteiger partial charge in [0.2, 0.25) is 0 Å². The number of benzene rings is 2. The highest BCUT2D eigenvalue weighted by Crippen LogP contribution is 2.25. The molecule has 2 N–H and O–H groups in total. The summed E-state index contributed by atoms with van der Waals surface area (Å²) in [6.45, 7) is 2.27. The van der Waals surface area contributed by atoms with Crippen LogP contribution in [0.4, 0.5) is 0 Å². The van der Waals surface area contributed by atoms with Crippen molar-refractivity contribution < 1.29 is 9.84 Å². The van der Waals surface area contributed by atoms with Crippen molar-refractivity contribution in [3.05, 3.63) is 63.6 Å². The van der Waals surface area contributed by atoms with E-state index in [2.05, 4.69) is 5.32 Å². The number of halogens is 2. The maximum absolute atomic E-state index is 8.78. The molecule has 2 aromatic rings. The number of rotatable bonds is 10. The second-order valence-corrected chi connectivity index (χ2v) is 6.44. The lowest BCUT2D eigenvalue weighted by Gasteiger charge is -2.13. The highest BCUT2D eigenvalue weighted by atomic mass is 35.5. The number of aliphatic hydroxyl groups is 1. The van der Waals surface area contributed by atoms with Crippen LogP contribution >= 0.6 is 23.2 Å². The lowest BCUT2D eigenvalue weighted by Crippen LogP contribution is -2.15. The van der Waals surface area contributed by atoms with E-state index in [9.17, 15) is 0 Å². The Bertz CT molecular complexity index is 635. The van der Waals surface area contributed by atoms with E-state index in [-0.39, 0.29) is 6.61 Å². The van der Waals surface area contributed by atoms with Crippen LogP contribution in [0.1, 0.15) is 30.4 Å². The summed E-state index contributed by atoms with van der Waals surface area (Å²) >= 11 is 12.3. The van der Waals surface area contributed by atoms with Gasteiger partial charge in [-0.15, -0.1) is 0 Å². The van der Waals surface area contributed by atoms with E-state index in [0.717, 1.165) is 42.7 Å². The van der Waals surface area contributed by atoms with Gasteiger partial charge in [-0.1, -0.05) is 41.4 Å². The number of aliphatic hydroxyl groups excluding tert-OH is 1. The van der Waals surface area contributed by atoms with Crippen LogP contribution in [0.3, 0.4) is 0 Å². The predicted molar refractivity (Wildman–Crippen MR) is 99.9 cm³/mol. The van der Waals surface area contributed by atoms with E-state index in [0.29, 0.717) is 23.2 Å². The molecule has 2 aromatic carbocycles. The number of hydrogen-bond donors (Lipinski definition) is 2. The van der Waals surface area contributed by atoms with Crippen LogP contribution in [0, 0.1) is 0 Å². The second-order valence-electron chi connectivity index (χ2n) is 5.59. The molecule has 0 unspecified atom stereocenters. The fraction of sp³-hybridized carbons (Fsp3) is 0.368. The fourth-order valence-corrected chi connectivity index (χ4v) is 2.74. The molecular weight excluding hydrogens is 345 g/mol. The third-order valence-corrected chi connectivity index (χ3v) is 4.29. The summed E-state index contributed by atoms with van der Waals surface area (Å²) < 4.78 is 5.94. The van der Waals surface area contributed by atoms with Crippen molar-refractivity contribution in [2.75, 3.05) is 13.2 Å². The molecule has 0 bridgehead atoms. The van der Waals surface area contributed by atoms with Crippen molar-refractivity contribution in [2.45, 2.75) is 32.4 Å². The van der Waals surface area contributed by atoms with E-state index in [1.54, 1.807) is 0 Å². The van der Waals surface area contributed by atoms with Gasteiger partial charge in [0.05, 0.1) is 0 Å². The van der Waals surface area contributed by atoms with Gasteiger partial charge in [0.15, 0.2) is 0 Å². The molecule has 2 rings (SSSR count). The van der Waals surface area contributed by atoms with Crippen LogP contribution < -0.4 is 10.1 Å². The van der Waals surface area contributed by atoms with Crippen LogP contribution in [-0.2, 0) is 13.2 Å². The standard InChI is InChI=1S/C19H23Cl2NO2/c20-17-8-9-19(24-14-15-6-2-3-7-18(15)21)16(12-17)13-22-10-4-1-5-11-23/h2-3,6-9,12,22-23H,1,4-5,10-11,13-14H2. The Morgan fingerprint density at radius 2 is 1.79 bits per heavy atom. The van der Waals surface area contributed by atoms with Gasteiger partial charge in [0, 0.05) is 34.3 Å². The predicted octanol–water partition coefficient (Wildman–Crippen LogP) is 4.82. The smallest absolute Gasteiger partial charge is 0.124 e.